The molecule has 0 aliphatic carbocycles. The first-order valence-electron chi connectivity index (χ1n) is 9.47. The Morgan fingerprint density at radius 2 is 1.66 bits per heavy atom. The second-order valence-electron chi connectivity index (χ2n) is 7.00. The van der Waals surface area contributed by atoms with Gasteiger partial charge in [-0.15, -0.1) is 0 Å². The summed E-state index contributed by atoms with van der Waals surface area (Å²) in [6.07, 6.45) is 0.224. The molecule has 1 heterocycles. The van der Waals surface area contributed by atoms with Crippen LogP contribution < -0.4 is 24.8 Å². The van der Waals surface area contributed by atoms with Crippen molar-refractivity contribution in [2.45, 2.75) is 26.3 Å². The van der Waals surface area contributed by atoms with Gasteiger partial charge in [0, 0.05) is 37.7 Å². The van der Waals surface area contributed by atoms with Crippen LogP contribution in [0.4, 0.5) is 0 Å². The van der Waals surface area contributed by atoms with Crippen LogP contribution >= 0.6 is 0 Å². The van der Waals surface area contributed by atoms with Gasteiger partial charge in [0.2, 0.25) is 17.6 Å². The predicted octanol–water partition coefficient (Wildman–Crippen LogP) is 0.815. The van der Waals surface area contributed by atoms with E-state index in [4.69, 9.17) is 14.2 Å². The largest absolute Gasteiger partial charge is 0.493 e. The zero-order valence-corrected chi connectivity index (χ0v) is 17.5. The Hall–Kier alpha value is -2.97. The quantitative estimate of drug-likeness (QED) is 0.587. The number of methoxy groups -OCH3 is 3. The first-order valence-corrected chi connectivity index (χ1v) is 9.47. The number of likely N-dealkylation sites (tertiary alicyclic amines) is 1. The average Bonchev–Trinajstić information content (AvgIpc) is 3.11. The van der Waals surface area contributed by atoms with Crippen LogP contribution in [-0.4, -0.2) is 69.6 Å². The highest BCUT2D eigenvalue weighted by molar-refractivity contribution is 5.95. The van der Waals surface area contributed by atoms with Crippen molar-refractivity contribution in [3.63, 3.8) is 0 Å². The van der Waals surface area contributed by atoms with Crippen molar-refractivity contribution in [3.8, 4) is 17.2 Å². The van der Waals surface area contributed by atoms with Gasteiger partial charge in [-0.2, -0.15) is 0 Å². The van der Waals surface area contributed by atoms with Crippen molar-refractivity contribution in [2.75, 3.05) is 41.0 Å². The lowest BCUT2D eigenvalue weighted by atomic mass is 10.1. The Morgan fingerprint density at radius 1 is 1.07 bits per heavy atom. The first kappa shape index (κ1) is 22.3. The SMILES string of the molecule is COc1cc(C(=O)NCCNC(=O)C2CC(=O)N(C(C)C)C2)cc(OC)c1OC. The Bertz CT molecular complexity index is 740. The molecule has 1 aliphatic heterocycles. The van der Waals surface area contributed by atoms with Crippen LogP contribution in [0.2, 0.25) is 0 Å². The summed E-state index contributed by atoms with van der Waals surface area (Å²) >= 11 is 0. The first-order chi connectivity index (χ1) is 13.8. The number of benzene rings is 1. The molecule has 1 atom stereocenters. The normalized spacial score (nSPS) is 16.0. The fraction of sp³-hybridized carbons (Fsp3) is 0.550. The van der Waals surface area contributed by atoms with Crippen LogP contribution in [0.5, 0.6) is 17.2 Å². The van der Waals surface area contributed by atoms with E-state index in [0.717, 1.165) is 0 Å². The Morgan fingerprint density at radius 3 is 2.14 bits per heavy atom. The number of nitrogens with one attached hydrogen (secondary N) is 2. The van der Waals surface area contributed by atoms with Gasteiger partial charge in [0.25, 0.3) is 5.91 Å². The molecule has 9 nitrogen and oxygen atoms in total. The molecule has 2 N–H and O–H groups in total. The number of rotatable bonds is 9. The van der Waals surface area contributed by atoms with Gasteiger partial charge in [0.1, 0.15) is 0 Å². The maximum atomic E-state index is 12.4. The van der Waals surface area contributed by atoms with E-state index in [1.165, 1.54) is 21.3 Å². The van der Waals surface area contributed by atoms with Crippen molar-refractivity contribution in [2.24, 2.45) is 5.92 Å². The molecule has 1 aromatic rings. The van der Waals surface area contributed by atoms with E-state index < -0.39 is 0 Å². The molecule has 0 saturated carbocycles. The van der Waals surface area contributed by atoms with Crippen LogP contribution in [-0.2, 0) is 9.59 Å². The maximum absolute atomic E-state index is 12.4. The number of amides is 3. The maximum Gasteiger partial charge on any atom is 0.251 e. The van der Waals surface area contributed by atoms with Gasteiger partial charge < -0.3 is 29.7 Å². The number of ether oxygens (including phenoxy) is 3. The second-order valence-corrected chi connectivity index (χ2v) is 7.00. The van der Waals surface area contributed by atoms with Crippen molar-refractivity contribution in [3.05, 3.63) is 17.7 Å². The molecular formula is C20H29N3O6. The highest BCUT2D eigenvalue weighted by atomic mass is 16.5. The van der Waals surface area contributed by atoms with Crippen LogP contribution in [0.25, 0.3) is 0 Å². The van der Waals surface area contributed by atoms with Gasteiger partial charge in [-0.1, -0.05) is 0 Å². The van der Waals surface area contributed by atoms with Crippen LogP contribution in [0, 0.1) is 5.92 Å². The highest BCUT2D eigenvalue weighted by Gasteiger charge is 2.35. The molecule has 9 heteroatoms. The van der Waals surface area contributed by atoms with E-state index in [1.807, 2.05) is 13.8 Å². The van der Waals surface area contributed by atoms with Gasteiger partial charge in [-0.25, -0.2) is 0 Å². The minimum absolute atomic E-state index is 0.00384. The van der Waals surface area contributed by atoms with Crippen LogP contribution in [0.1, 0.15) is 30.6 Å². The van der Waals surface area contributed by atoms with Crippen molar-refractivity contribution >= 4 is 17.7 Å². The fourth-order valence-electron chi connectivity index (χ4n) is 3.23. The van der Waals surface area contributed by atoms with Crippen molar-refractivity contribution in [1.82, 2.24) is 15.5 Å². The summed E-state index contributed by atoms with van der Waals surface area (Å²) in [4.78, 5) is 38.3. The third-order valence-electron chi connectivity index (χ3n) is 4.79. The molecule has 2 rings (SSSR count). The molecule has 0 radical (unpaired) electrons. The standard InChI is InChI=1S/C20H29N3O6/c1-12(2)23-11-14(10-17(23)24)20(26)22-7-6-21-19(25)13-8-15(27-3)18(29-5)16(9-13)28-4/h8-9,12,14H,6-7,10-11H2,1-5H3,(H,21,25)(H,22,26). The molecule has 0 bridgehead atoms. The number of carbonyl (C=O) groups is 3. The van der Waals surface area contributed by atoms with Gasteiger partial charge in [-0.05, 0) is 26.0 Å². The monoisotopic (exact) mass is 407 g/mol. The topological polar surface area (TPSA) is 106 Å². The molecule has 1 aliphatic rings. The van der Waals surface area contributed by atoms with E-state index in [1.54, 1.807) is 17.0 Å². The van der Waals surface area contributed by atoms with Gasteiger partial charge in [0.05, 0.1) is 27.2 Å². The molecule has 1 fully saturated rings. The molecule has 3 amide bonds. The van der Waals surface area contributed by atoms with Gasteiger partial charge in [-0.3, -0.25) is 14.4 Å². The molecule has 1 unspecified atom stereocenters. The number of carbonyl (C=O) groups excluding carboxylic acids is 3. The molecule has 160 valence electrons. The van der Waals surface area contributed by atoms with Crippen molar-refractivity contribution < 1.29 is 28.6 Å². The van der Waals surface area contributed by atoms with Crippen molar-refractivity contribution in [1.29, 1.82) is 0 Å². The van der Waals surface area contributed by atoms with E-state index in [-0.39, 0.29) is 49.2 Å². The van der Waals surface area contributed by atoms with Gasteiger partial charge >= 0.3 is 0 Å². The third-order valence-corrected chi connectivity index (χ3v) is 4.79. The molecule has 1 aromatic carbocycles. The molecule has 29 heavy (non-hydrogen) atoms. The Kier molecular flexibility index (Phi) is 7.69. The number of nitrogens with zero attached hydrogens (tertiary/aromatic N) is 1. The zero-order chi connectivity index (χ0) is 21.6. The molecular weight excluding hydrogens is 378 g/mol. The lowest BCUT2D eigenvalue weighted by Gasteiger charge is -2.20. The predicted molar refractivity (Wildman–Crippen MR) is 106 cm³/mol. The summed E-state index contributed by atoms with van der Waals surface area (Å²) < 4.78 is 15.7. The zero-order valence-electron chi connectivity index (χ0n) is 17.5. The lowest BCUT2D eigenvalue weighted by Crippen LogP contribution is -2.39. The summed E-state index contributed by atoms with van der Waals surface area (Å²) in [5, 5.41) is 5.51. The fourth-order valence-corrected chi connectivity index (χ4v) is 3.23. The second kappa shape index (κ2) is 9.99. The Labute approximate surface area is 170 Å². The Balaban J connectivity index is 1.86. The molecule has 0 spiro atoms. The summed E-state index contributed by atoms with van der Waals surface area (Å²) in [6, 6.07) is 3.19. The minimum Gasteiger partial charge on any atom is -0.493 e. The summed E-state index contributed by atoms with van der Waals surface area (Å²) in [5.41, 5.74) is 0.347. The molecule has 0 aromatic heterocycles. The average molecular weight is 407 g/mol. The minimum atomic E-state index is -0.351. The molecule has 1 saturated heterocycles. The third kappa shape index (κ3) is 5.30. The number of hydrogen-bond acceptors (Lipinski definition) is 6. The summed E-state index contributed by atoms with van der Waals surface area (Å²) in [5.74, 6) is 0.299. The summed E-state index contributed by atoms with van der Waals surface area (Å²) in [6.45, 7) is 4.80. The van der Waals surface area contributed by atoms with E-state index >= 15 is 0 Å². The van der Waals surface area contributed by atoms with Crippen LogP contribution in [0.3, 0.4) is 0 Å². The lowest BCUT2D eigenvalue weighted by molar-refractivity contribution is -0.129. The van der Waals surface area contributed by atoms with Crippen LogP contribution in [0.15, 0.2) is 12.1 Å². The summed E-state index contributed by atoms with van der Waals surface area (Å²) in [7, 11) is 4.44. The number of hydrogen-bond donors (Lipinski definition) is 2. The van der Waals surface area contributed by atoms with E-state index in [2.05, 4.69) is 10.6 Å². The van der Waals surface area contributed by atoms with Gasteiger partial charge in [0.15, 0.2) is 11.5 Å². The highest BCUT2D eigenvalue weighted by Crippen LogP contribution is 2.38. The smallest absolute Gasteiger partial charge is 0.251 e. The van der Waals surface area contributed by atoms with E-state index in [0.29, 0.717) is 29.4 Å². The van der Waals surface area contributed by atoms with E-state index in [9.17, 15) is 14.4 Å².